The van der Waals surface area contributed by atoms with Crippen LogP contribution in [0.3, 0.4) is 0 Å². The Morgan fingerprint density at radius 3 is 1.82 bits per heavy atom. The zero-order valence-corrected chi connectivity index (χ0v) is 14.3. The highest BCUT2D eigenvalue weighted by atomic mass is 31.2. The van der Waals surface area contributed by atoms with Crippen molar-refractivity contribution in [1.82, 2.24) is 0 Å². The van der Waals surface area contributed by atoms with E-state index in [1.54, 1.807) is 0 Å². The smallest absolute Gasteiger partial charge is 0.150 e. The first kappa shape index (κ1) is 16.0. The highest BCUT2D eigenvalue weighted by Crippen LogP contribution is 2.62. The lowest BCUT2D eigenvalue weighted by molar-refractivity contribution is 0.112. The number of hydrogen-bond donors (Lipinski definition) is 0. The van der Waals surface area contributed by atoms with Gasteiger partial charge in [-0.3, -0.25) is 4.79 Å². The molecule has 1 aromatic carbocycles. The van der Waals surface area contributed by atoms with Gasteiger partial charge < -0.3 is 4.57 Å². The number of aldehydes is 1. The molecule has 1 aromatic rings. The fourth-order valence-corrected chi connectivity index (χ4v) is 9.02. The van der Waals surface area contributed by atoms with Crippen molar-refractivity contribution in [3.8, 4) is 0 Å². The zero-order chi connectivity index (χ0) is 15.4. The Morgan fingerprint density at radius 1 is 0.818 bits per heavy atom. The second kappa shape index (κ2) is 7.13. The van der Waals surface area contributed by atoms with E-state index in [9.17, 15) is 9.36 Å². The summed E-state index contributed by atoms with van der Waals surface area (Å²) in [6, 6.07) is 7.67. The predicted molar refractivity (Wildman–Crippen MR) is 92.8 cm³/mol. The molecule has 0 unspecified atom stereocenters. The first-order valence-corrected chi connectivity index (χ1v) is 10.8. The lowest BCUT2D eigenvalue weighted by atomic mass is 9.99. The summed E-state index contributed by atoms with van der Waals surface area (Å²) in [5.41, 5.74) is 1.29. The molecule has 0 heterocycles. The quantitative estimate of drug-likeness (QED) is 0.568. The van der Waals surface area contributed by atoms with E-state index in [4.69, 9.17) is 0 Å². The van der Waals surface area contributed by atoms with Gasteiger partial charge in [0.25, 0.3) is 0 Å². The zero-order valence-electron chi connectivity index (χ0n) is 13.4. The van der Waals surface area contributed by atoms with Gasteiger partial charge in [0.1, 0.15) is 7.14 Å². The Hall–Kier alpha value is -0.880. The molecule has 2 fully saturated rings. The van der Waals surface area contributed by atoms with Gasteiger partial charge >= 0.3 is 0 Å². The van der Waals surface area contributed by atoms with Gasteiger partial charge in [0, 0.05) is 22.2 Å². The van der Waals surface area contributed by atoms with Crippen molar-refractivity contribution in [2.24, 2.45) is 0 Å². The maximum atomic E-state index is 14.3. The lowest BCUT2D eigenvalue weighted by Crippen LogP contribution is -2.31. The topological polar surface area (TPSA) is 34.1 Å². The van der Waals surface area contributed by atoms with Crippen LogP contribution in [0, 0.1) is 0 Å². The van der Waals surface area contributed by atoms with E-state index >= 15 is 0 Å². The SMILES string of the molecule is O=Cc1ccccc1P(=O)(C1CCCCC1)C1CCCCC1. The van der Waals surface area contributed by atoms with Gasteiger partial charge in [-0.05, 0) is 25.7 Å². The molecule has 0 aromatic heterocycles. The van der Waals surface area contributed by atoms with Gasteiger partial charge in [-0.15, -0.1) is 0 Å². The Kier molecular flexibility index (Phi) is 5.18. The van der Waals surface area contributed by atoms with E-state index in [0.29, 0.717) is 16.9 Å². The average Bonchev–Trinajstić information content (AvgIpc) is 2.62. The summed E-state index contributed by atoms with van der Waals surface area (Å²) in [6.07, 6.45) is 12.6. The third-order valence-corrected chi connectivity index (χ3v) is 10.0. The summed E-state index contributed by atoms with van der Waals surface area (Å²) in [5, 5.41) is 0.892. The van der Waals surface area contributed by atoms with E-state index in [2.05, 4.69) is 0 Å². The average molecular weight is 318 g/mol. The summed E-state index contributed by atoms with van der Waals surface area (Å²) in [7, 11) is -2.51. The second-order valence-corrected chi connectivity index (χ2v) is 10.3. The highest BCUT2D eigenvalue weighted by Gasteiger charge is 2.43. The van der Waals surface area contributed by atoms with Crippen molar-refractivity contribution in [3.63, 3.8) is 0 Å². The summed E-state index contributed by atoms with van der Waals surface area (Å²) in [4.78, 5) is 11.5. The van der Waals surface area contributed by atoms with Gasteiger partial charge in [0.15, 0.2) is 6.29 Å². The minimum absolute atomic E-state index is 0.311. The van der Waals surface area contributed by atoms with Crippen molar-refractivity contribution in [3.05, 3.63) is 29.8 Å². The molecule has 2 aliphatic rings. The van der Waals surface area contributed by atoms with Gasteiger partial charge in [-0.1, -0.05) is 62.8 Å². The number of benzene rings is 1. The largest absolute Gasteiger partial charge is 0.318 e. The number of carbonyl (C=O) groups excluding carboxylic acids is 1. The van der Waals surface area contributed by atoms with Crippen LogP contribution in [0.4, 0.5) is 0 Å². The van der Waals surface area contributed by atoms with Crippen LogP contribution in [0.1, 0.15) is 74.6 Å². The van der Waals surface area contributed by atoms with Gasteiger partial charge in [-0.2, -0.15) is 0 Å². The number of hydrogen-bond acceptors (Lipinski definition) is 2. The van der Waals surface area contributed by atoms with E-state index < -0.39 is 7.14 Å². The Balaban J connectivity index is 2.04. The fourth-order valence-electron chi connectivity index (χ4n) is 4.53. The minimum atomic E-state index is -2.51. The van der Waals surface area contributed by atoms with Crippen LogP contribution in [-0.4, -0.2) is 17.6 Å². The van der Waals surface area contributed by atoms with Gasteiger partial charge in [0.05, 0.1) is 0 Å². The van der Waals surface area contributed by atoms with E-state index in [0.717, 1.165) is 37.3 Å². The molecule has 2 saturated carbocycles. The van der Waals surface area contributed by atoms with Crippen molar-refractivity contribution in [1.29, 1.82) is 0 Å². The summed E-state index contributed by atoms with van der Waals surface area (Å²) in [5.74, 6) is 0. The molecule has 2 nitrogen and oxygen atoms in total. The van der Waals surface area contributed by atoms with Crippen LogP contribution >= 0.6 is 7.14 Å². The molecule has 0 bridgehead atoms. The van der Waals surface area contributed by atoms with Crippen LogP contribution < -0.4 is 5.30 Å². The van der Waals surface area contributed by atoms with E-state index in [1.165, 1.54) is 38.5 Å². The number of rotatable bonds is 4. The fraction of sp³-hybridized carbons (Fsp3) is 0.632. The Morgan fingerprint density at radius 2 is 1.32 bits per heavy atom. The summed E-state index contributed by atoms with van der Waals surface area (Å²) in [6.45, 7) is 0. The third-order valence-electron chi connectivity index (χ3n) is 5.67. The molecule has 0 amide bonds. The molecule has 2 aliphatic carbocycles. The minimum Gasteiger partial charge on any atom is -0.318 e. The molecule has 0 saturated heterocycles. The first-order chi connectivity index (χ1) is 10.8. The monoisotopic (exact) mass is 318 g/mol. The summed E-state index contributed by atoms with van der Waals surface area (Å²) < 4.78 is 14.3. The molecule has 120 valence electrons. The molecule has 0 N–H and O–H groups in total. The van der Waals surface area contributed by atoms with Crippen LogP contribution in [0.2, 0.25) is 0 Å². The lowest BCUT2D eigenvalue weighted by Gasteiger charge is -2.39. The predicted octanol–water partition coefficient (Wildman–Crippen LogP) is 5.15. The molecule has 0 radical (unpaired) electrons. The highest BCUT2D eigenvalue weighted by molar-refractivity contribution is 7.73. The molecule has 0 spiro atoms. The normalized spacial score (nSPS) is 21.6. The standard InChI is InChI=1S/C19H27O2P/c20-15-16-9-7-8-14-19(16)22(21,17-10-3-1-4-11-17)18-12-5-2-6-13-18/h7-9,14-15,17-18H,1-6,10-13H2. The molecule has 3 rings (SSSR count). The molecule has 0 aliphatic heterocycles. The summed E-state index contributed by atoms with van der Waals surface area (Å²) >= 11 is 0. The van der Waals surface area contributed by atoms with Crippen molar-refractivity contribution in [2.75, 3.05) is 0 Å². The molecule has 0 atom stereocenters. The Labute approximate surface area is 134 Å². The van der Waals surface area contributed by atoms with Crippen LogP contribution in [0.25, 0.3) is 0 Å². The van der Waals surface area contributed by atoms with Gasteiger partial charge in [-0.25, -0.2) is 0 Å². The van der Waals surface area contributed by atoms with Crippen molar-refractivity contribution >= 4 is 18.7 Å². The molecule has 22 heavy (non-hydrogen) atoms. The maximum absolute atomic E-state index is 14.3. The maximum Gasteiger partial charge on any atom is 0.150 e. The van der Waals surface area contributed by atoms with Crippen molar-refractivity contribution in [2.45, 2.75) is 75.5 Å². The third kappa shape index (κ3) is 2.95. The van der Waals surface area contributed by atoms with Crippen LogP contribution in [0.5, 0.6) is 0 Å². The van der Waals surface area contributed by atoms with E-state index in [-0.39, 0.29) is 0 Å². The van der Waals surface area contributed by atoms with Gasteiger partial charge in [0.2, 0.25) is 0 Å². The number of carbonyl (C=O) groups is 1. The molecular weight excluding hydrogens is 291 g/mol. The van der Waals surface area contributed by atoms with E-state index in [1.807, 2.05) is 24.3 Å². The van der Waals surface area contributed by atoms with Crippen LogP contribution in [-0.2, 0) is 4.57 Å². The van der Waals surface area contributed by atoms with Crippen molar-refractivity contribution < 1.29 is 9.36 Å². The first-order valence-electron chi connectivity index (χ1n) is 8.91. The second-order valence-electron chi connectivity index (χ2n) is 6.97. The van der Waals surface area contributed by atoms with Crippen LogP contribution in [0.15, 0.2) is 24.3 Å². The Bertz CT molecular complexity index is 532. The molecule has 3 heteroatoms. The molecular formula is C19H27O2P.